The van der Waals surface area contributed by atoms with Gasteiger partial charge in [0.05, 0.1) is 6.21 Å². The van der Waals surface area contributed by atoms with Crippen LogP contribution in [0, 0.1) is 4.77 Å². The number of halogens is 2. The van der Waals surface area contributed by atoms with Crippen LogP contribution in [0.1, 0.15) is 36.7 Å². The number of H-pyrrole nitrogens is 1. The molecule has 0 saturated carbocycles. The van der Waals surface area contributed by atoms with Crippen molar-refractivity contribution >= 4 is 41.6 Å². The van der Waals surface area contributed by atoms with Gasteiger partial charge in [0.2, 0.25) is 4.77 Å². The van der Waals surface area contributed by atoms with Gasteiger partial charge in [-0.25, -0.2) is 0 Å². The standard InChI is InChI=1S/C19H18Cl2N4OS/c1-12(2)18-23-24-19(27)25(18)22-10-13-5-3-4-6-17(13)26-11-14-7-8-15(20)9-16(14)21/h3-10,12H,11H2,1-2H3,(H,24,27)/b22-10-. The fourth-order valence-electron chi connectivity index (χ4n) is 2.42. The highest BCUT2D eigenvalue weighted by molar-refractivity contribution is 7.71. The van der Waals surface area contributed by atoms with Crippen LogP contribution in [0.25, 0.3) is 0 Å². The van der Waals surface area contributed by atoms with Gasteiger partial charge in [-0.15, -0.1) is 0 Å². The molecule has 2 aromatic carbocycles. The molecule has 1 heterocycles. The zero-order valence-corrected chi connectivity index (χ0v) is 17.1. The van der Waals surface area contributed by atoms with Crippen molar-refractivity contribution in [1.82, 2.24) is 14.9 Å². The molecule has 8 heteroatoms. The molecule has 0 fully saturated rings. The van der Waals surface area contributed by atoms with Crippen LogP contribution >= 0.6 is 35.4 Å². The molecule has 140 valence electrons. The topological polar surface area (TPSA) is 55.2 Å². The van der Waals surface area contributed by atoms with Gasteiger partial charge in [0.15, 0.2) is 5.82 Å². The Morgan fingerprint density at radius 2 is 2.04 bits per heavy atom. The van der Waals surface area contributed by atoms with Crippen molar-refractivity contribution in [1.29, 1.82) is 0 Å². The molecular formula is C19H18Cl2N4OS. The van der Waals surface area contributed by atoms with Crippen LogP contribution in [-0.2, 0) is 6.61 Å². The van der Waals surface area contributed by atoms with E-state index in [1.165, 1.54) is 0 Å². The third-order valence-electron chi connectivity index (χ3n) is 3.82. The van der Waals surface area contributed by atoms with E-state index in [0.717, 1.165) is 17.0 Å². The van der Waals surface area contributed by atoms with Crippen LogP contribution in [0.5, 0.6) is 5.75 Å². The predicted molar refractivity (Wildman–Crippen MR) is 112 cm³/mol. The average molecular weight is 421 g/mol. The van der Waals surface area contributed by atoms with Gasteiger partial charge in [-0.05, 0) is 36.5 Å². The molecule has 3 rings (SSSR count). The summed E-state index contributed by atoms with van der Waals surface area (Å²) in [5, 5.41) is 12.6. The number of nitrogens with one attached hydrogen (secondary N) is 1. The Bertz CT molecular complexity index is 1030. The molecule has 0 aliphatic heterocycles. The highest BCUT2D eigenvalue weighted by Gasteiger charge is 2.09. The van der Waals surface area contributed by atoms with E-state index in [1.807, 2.05) is 44.2 Å². The van der Waals surface area contributed by atoms with Crippen molar-refractivity contribution in [3.8, 4) is 5.75 Å². The van der Waals surface area contributed by atoms with E-state index in [0.29, 0.717) is 27.2 Å². The number of rotatable bonds is 6. The van der Waals surface area contributed by atoms with Crippen LogP contribution in [0.4, 0.5) is 0 Å². The first-order valence-electron chi connectivity index (χ1n) is 8.33. The minimum Gasteiger partial charge on any atom is -0.488 e. The Hall–Kier alpha value is -2.15. The van der Waals surface area contributed by atoms with Gasteiger partial charge in [-0.1, -0.05) is 55.2 Å². The minimum atomic E-state index is 0.189. The molecule has 27 heavy (non-hydrogen) atoms. The fourth-order valence-corrected chi connectivity index (χ4v) is 3.07. The normalized spacial score (nSPS) is 11.4. The fraction of sp³-hybridized carbons (Fsp3) is 0.211. The van der Waals surface area contributed by atoms with E-state index in [4.69, 9.17) is 40.2 Å². The number of hydrogen-bond donors (Lipinski definition) is 1. The second kappa shape index (κ2) is 8.69. The van der Waals surface area contributed by atoms with Crippen LogP contribution in [0.15, 0.2) is 47.6 Å². The summed E-state index contributed by atoms with van der Waals surface area (Å²) < 4.78 is 8.01. The van der Waals surface area contributed by atoms with Crippen LogP contribution < -0.4 is 4.74 Å². The Morgan fingerprint density at radius 3 is 2.78 bits per heavy atom. The molecule has 0 aliphatic rings. The maximum atomic E-state index is 6.21. The summed E-state index contributed by atoms with van der Waals surface area (Å²) in [6.45, 7) is 4.39. The lowest BCUT2D eigenvalue weighted by molar-refractivity contribution is 0.306. The lowest BCUT2D eigenvalue weighted by Crippen LogP contribution is -2.02. The molecule has 5 nitrogen and oxygen atoms in total. The number of aromatic nitrogens is 3. The maximum Gasteiger partial charge on any atom is 0.216 e. The number of aromatic amines is 1. The second-order valence-electron chi connectivity index (χ2n) is 6.16. The SMILES string of the molecule is CC(C)c1n[nH]c(=S)n1/N=C\c1ccccc1OCc1ccc(Cl)cc1Cl. The number of para-hydroxylation sites is 1. The monoisotopic (exact) mass is 420 g/mol. The summed E-state index contributed by atoms with van der Waals surface area (Å²) in [7, 11) is 0. The number of hydrogen-bond acceptors (Lipinski definition) is 4. The molecule has 0 spiro atoms. The summed E-state index contributed by atoms with van der Waals surface area (Å²) in [6, 6.07) is 12.9. The molecular weight excluding hydrogens is 403 g/mol. The second-order valence-corrected chi connectivity index (χ2v) is 7.39. The van der Waals surface area contributed by atoms with E-state index in [-0.39, 0.29) is 5.92 Å². The maximum absolute atomic E-state index is 6.21. The summed E-state index contributed by atoms with van der Waals surface area (Å²) in [5.74, 6) is 1.64. The van der Waals surface area contributed by atoms with Gasteiger partial charge in [0.1, 0.15) is 12.4 Å². The zero-order chi connectivity index (χ0) is 19.4. The van der Waals surface area contributed by atoms with Gasteiger partial charge in [-0.2, -0.15) is 14.9 Å². The Balaban J connectivity index is 1.82. The van der Waals surface area contributed by atoms with Crippen molar-refractivity contribution in [2.75, 3.05) is 0 Å². The number of ether oxygens (including phenoxy) is 1. The molecule has 0 saturated heterocycles. The van der Waals surface area contributed by atoms with Crippen molar-refractivity contribution < 1.29 is 4.74 Å². The lowest BCUT2D eigenvalue weighted by atomic mass is 10.2. The Kier molecular flexibility index (Phi) is 6.31. The van der Waals surface area contributed by atoms with E-state index >= 15 is 0 Å². The summed E-state index contributed by atoms with van der Waals surface area (Å²) in [6.07, 6.45) is 1.70. The van der Waals surface area contributed by atoms with Gasteiger partial charge in [0, 0.05) is 27.1 Å². The largest absolute Gasteiger partial charge is 0.488 e. The molecule has 1 aromatic heterocycles. The average Bonchev–Trinajstić information content (AvgIpc) is 3.01. The Morgan fingerprint density at radius 1 is 1.26 bits per heavy atom. The third kappa shape index (κ3) is 4.77. The van der Waals surface area contributed by atoms with Crippen LogP contribution in [0.2, 0.25) is 10.0 Å². The molecule has 1 N–H and O–H groups in total. The van der Waals surface area contributed by atoms with E-state index in [2.05, 4.69) is 15.3 Å². The van der Waals surface area contributed by atoms with Gasteiger partial charge < -0.3 is 4.74 Å². The molecule has 0 unspecified atom stereocenters. The van der Waals surface area contributed by atoms with Crippen molar-refractivity contribution in [3.63, 3.8) is 0 Å². The van der Waals surface area contributed by atoms with Gasteiger partial charge in [0.25, 0.3) is 0 Å². The van der Waals surface area contributed by atoms with Gasteiger partial charge in [-0.3, -0.25) is 5.10 Å². The van der Waals surface area contributed by atoms with E-state index < -0.39 is 0 Å². The molecule has 0 atom stereocenters. The first-order valence-corrected chi connectivity index (χ1v) is 9.49. The smallest absolute Gasteiger partial charge is 0.216 e. The number of nitrogens with zero attached hydrogens (tertiary/aromatic N) is 3. The first-order chi connectivity index (χ1) is 13.0. The minimum absolute atomic E-state index is 0.189. The molecule has 0 aliphatic carbocycles. The lowest BCUT2D eigenvalue weighted by Gasteiger charge is -2.10. The van der Waals surface area contributed by atoms with Crippen molar-refractivity contribution in [2.45, 2.75) is 26.4 Å². The third-order valence-corrected chi connectivity index (χ3v) is 4.67. The van der Waals surface area contributed by atoms with Crippen molar-refractivity contribution in [3.05, 3.63) is 74.2 Å². The zero-order valence-electron chi connectivity index (χ0n) is 14.8. The summed E-state index contributed by atoms with van der Waals surface area (Å²) >= 11 is 17.4. The molecule has 0 radical (unpaired) electrons. The highest BCUT2D eigenvalue weighted by atomic mass is 35.5. The van der Waals surface area contributed by atoms with Crippen LogP contribution in [0.3, 0.4) is 0 Å². The molecule has 0 bridgehead atoms. The van der Waals surface area contributed by atoms with Crippen molar-refractivity contribution in [2.24, 2.45) is 5.10 Å². The Labute approximate surface area is 172 Å². The first kappa shape index (κ1) is 19.6. The quantitative estimate of drug-likeness (QED) is 0.402. The van der Waals surface area contributed by atoms with Gasteiger partial charge >= 0.3 is 0 Å². The summed E-state index contributed by atoms with van der Waals surface area (Å²) in [5.41, 5.74) is 1.67. The summed E-state index contributed by atoms with van der Waals surface area (Å²) in [4.78, 5) is 0. The van der Waals surface area contributed by atoms with E-state index in [9.17, 15) is 0 Å². The number of benzene rings is 2. The molecule has 0 amide bonds. The molecule has 3 aromatic rings. The van der Waals surface area contributed by atoms with Crippen LogP contribution in [-0.4, -0.2) is 21.1 Å². The van der Waals surface area contributed by atoms with E-state index in [1.54, 1.807) is 23.0 Å². The highest BCUT2D eigenvalue weighted by Crippen LogP contribution is 2.24. The predicted octanol–water partition coefficient (Wildman–Crippen LogP) is 5.83.